The molecule has 2 aromatic rings. The average molecular weight is 206 g/mol. The van der Waals surface area contributed by atoms with Crippen molar-refractivity contribution < 1.29 is 0 Å². The molecular weight excluding hydrogens is 192 g/mol. The summed E-state index contributed by atoms with van der Waals surface area (Å²) in [6.07, 6.45) is 1.75. The fourth-order valence-electron chi connectivity index (χ4n) is 1.43. The van der Waals surface area contributed by atoms with Crippen molar-refractivity contribution in [3.63, 3.8) is 0 Å². The fourth-order valence-corrected chi connectivity index (χ4v) is 1.43. The Bertz CT molecular complexity index is 429. The van der Waals surface area contributed by atoms with Crippen molar-refractivity contribution in [2.24, 2.45) is 7.05 Å². The summed E-state index contributed by atoms with van der Waals surface area (Å²) in [5.41, 5.74) is 2.74. The number of aromatic nitrogens is 5. The average Bonchev–Trinajstić information content (AvgIpc) is 2.82. The standard InChI is InChI=1S/C9H14N6/c1-3-10-6-7-9(13-14-12-7)8-4-5-11-15(8)2/h4-5,10H,3,6H2,1-2H3,(H,12,13,14). The van der Waals surface area contributed by atoms with Crippen LogP contribution in [-0.2, 0) is 13.6 Å². The van der Waals surface area contributed by atoms with Gasteiger partial charge in [-0.25, -0.2) is 0 Å². The molecule has 0 radical (unpaired) electrons. The van der Waals surface area contributed by atoms with Gasteiger partial charge in [0, 0.05) is 19.8 Å². The molecule has 2 aromatic heterocycles. The molecule has 0 aliphatic heterocycles. The van der Waals surface area contributed by atoms with Gasteiger partial charge in [-0.15, -0.1) is 0 Å². The van der Waals surface area contributed by atoms with Gasteiger partial charge in [-0.3, -0.25) is 4.68 Å². The molecule has 0 saturated heterocycles. The SMILES string of the molecule is CCNCc1n[nH]nc1-c1ccnn1C. The van der Waals surface area contributed by atoms with E-state index in [1.807, 2.05) is 13.1 Å². The van der Waals surface area contributed by atoms with E-state index in [9.17, 15) is 0 Å². The Labute approximate surface area is 87.7 Å². The van der Waals surface area contributed by atoms with Gasteiger partial charge in [0.25, 0.3) is 0 Å². The monoisotopic (exact) mass is 206 g/mol. The highest BCUT2D eigenvalue weighted by molar-refractivity contribution is 5.56. The van der Waals surface area contributed by atoms with Crippen molar-refractivity contribution in [2.75, 3.05) is 6.54 Å². The number of H-pyrrole nitrogens is 1. The third kappa shape index (κ3) is 1.89. The molecule has 2 rings (SSSR count). The Morgan fingerprint density at radius 2 is 2.33 bits per heavy atom. The zero-order valence-corrected chi connectivity index (χ0v) is 8.86. The van der Waals surface area contributed by atoms with Crippen LogP contribution in [0, 0.1) is 0 Å². The van der Waals surface area contributed by atoms with E-state index in [4.69, 9.17) is 0 Å². The molecule has 6 heteroatoms. The minimum Gasteiger partial charge on any atom is -0.311 e. The van der Waals surface area contributed by atoms with Crippen molar-refractivity contribution in [2.45, 2.75) is 13.5 Å². The molecule has 15 heavy (non-hydrogen) atoms. The van der Waals surface area contributed by atoms with Crippen molar-refractivity contribution >= 4 is 0 Å². The van der Waals surface area contributed by atoms with Crippen LogP contribution in [0.4, 0.5) is 0 Å². The van der Waals surface area contributed by atoms with E-state index in [0.29, 0.717) is 6.54 Å². The molecule has 0 amide bonds. The van der Waals surface area contributed by atoms with E-state index in [-0.39, 0.29) is 0 Å². The quantitative estimate of drug-likeness (QED) is 0.755. The minimum absolute atomic E-state index is 0.716. The maximum Gasteiger partial charge on any atom is 0.135 e. The Hall–Kier alpha value is -1.69. The van der Waals surface area contributed by atoms with Crippen LogP contribution in [0.1, 0.15) is 12.6 Å². The number of hydrogen-bond acceptors (Lipinski definition) is 4. The highest BCUT2D eigenvalue weighted by atomic mass is 15.3. The van der Waals surface area contributed by atoms with Gasteiger partial charge in [0.05, 0.1) is 5.69 Å². The van der Waals surface area contributed by atoms with Crippen LogP contribution in [-0.4, -0.2) is 31.7 Å². The van der Waals surface area contributed by atoms with Gasteiger partial charge in [-0.1, -0.05) is 6.92 Å². The second kappa shape index (κ2) is 4.22. The Kier molecular flexibility index (Phi) is 2.77. The third-order valence-corrected chi connectivity index (χ3v) is 2.23. The van der Waals surface area contributed by atoms with Gasteiger partial charge in [-0.2, -0.15) is 20.5 Å². The normalized spacial score (nSPS) is 10.8. The second-order valence-electron chi connectivity index (χ2n) is 3.24. The van der Waals surface area contributed by atoms with Crippen LogP contribution in [0.2, 0.25) is 0 Å². The lowest BCUT2D eigenvalue weighted by Gasteiger charge is -2.01. The molecule has 0 aliphatic rings. The lowest BCUT2D eigenvalue weighted by molar-refractivity contribution is 0.706. The molecule has 80 valence electrons. The largest absolute Gasteiger partial charge is 0.311 e. The van der Waals surface area contributed by atoms with Gasteiger partial charge >= 0.3 is 0 Å². The van der Waals surface area contributed by atoms with Crippen LogP contribution >= 0.6 is 0 Å². The lowest BCUT2D eigenvalue weighted by Crippen LogP contribution is -2.13. The molecule has 2 heterocycles. The van der Waals surface area contributed by atoms with E-state index in [2.05, 4.69) is 32.7 Å². The first-order chi connectivity index (χ1) is 7.33. The van der Waals surface area contributed by atoms with Gasteiger partial charge in [0.15, 0.2) is 0 Å². The van der Waals surface area contributed by atoms with E-state index >= 15 is 0 Å². The number of nitrogens with one attached hydrogen (secondary N) is 2. The van der Waals surface area contributed by atoms with Crippen LogP contribution in [0.3, 0.4) is 0 Å². The number of aryl methyl sites for hydroxylation is 1. The van der Waals surface area contributed by atoms with Crippen LogP contribution < -0.4 is 5.32 Å². The maximum atomic E-state index is 4.14. The Morgan fingerprint density at radius 1 is 1.47 bits per heavy atom. The van der Waals surface area contributed by atoms with Crippen molar-refractivity contribution in [3.8, 4) is 11.4 Å². The van der Waals surface area contributed by atoms with Crippen molar-refractivity contribution in [1.29, 1.82) is 0 Å². The summed E-state index contributed by atoms with van der Waals surface area (Å²) in [4.78, 5) is 0. The smallest absolute Gasteiger partial charge is 0.135 e. The topological polar surface area (TPSA) is 71.4 Å². The van der Waals surface area contributed by atoms with E-state index in [0.717, 1.165) is 23.6 Å². The van der Waals surface area contributed by atoms with Crippen LogP contribution in [0.5, 0.6) is 0 Å². The second-order valence-corrected chi connectivity index (χ2v) is 3.24. The van der Waals surface area contributed by atoms with Gasteiger partial charge in [-0.05, 0) is 12.6 Å². The predicted octanol–water partition coefficient (Wildman–Crippen LogP) is 0.315. The number of hydrogen-bond donors (Lipinski definition) is 2. The zero-order valence-electron chi connectivity index (χ0n) is 8.86. The van der Waals surface area contributed by atoms with Crippen molar-refractivity contribution in [1.82, 2.24) is 30.5 Å². The van der Waals surface area contributed by atoms with Crippen LogP contribution in [0.15, 0.2) is 12.3 Å². The Balaban J connectivity index is 2.29. The highest BCUT2D eigenvalue weighted by Crippen LogP contribution is 2.17. The van der Waals surface area contributed by atoms with Gasteiger partial charge in [0.1, 0.15) is 11.4 Å². The number of rotatable bonds is 4. The predicted molar refractivity (Wildman–Crippen MR) is 56.0 cm³/mol. The molecular formula is C9H14N6. The number of aromatic amines is 1. The van der Waals surface area contributed by atoms with E-state index in [1.165, 1.54) is 0 Å². The summed E-state index contributed by atoms with van der Waals surface area (Å²) in [7, 11) is 1.89. The summed E-state index contributed by atoms with van der Waals surface area (Å²) in [6, 6.07) is 1.92. The number of nitrogens with zero attached hydrogens (tertiary/aromatic N) is 4. The molecule has 0 fully saturated rings. The first kappa shape index (κ1) is 9.85. The maximum absolute atomic E-state index is 4.14. The fraction of sp³-hybridized carbons (Fsp3) is 0.444. The molecule has 0 atom stereocenters. The van der Waals surface area contributed by atoms with Gasteiger partial charge < -0.3 is 5.32 Å². The summed E-state index contributed by atoms with van der Waals surface area (Å²) >= 11 is 0. The zero-order chi connectivity index (χ0) is 10.7. The highest BCUT2D eigenvalue weighted by Gasteiger charge is 2.12. The van der Waals surface area contributed by atoms with Crippen LogP contribution in [0.25, 0.3) is 11.4 Å². The first-order valence-corrected chi connectivity index (χ1v) is 4.91. The van der Waals surface area contributed by atoms with Gasteiger partial charge in [0.2, 0.25) is 0 Å². The van der Waals surface area contributed by atoms with Crippen molar-refractivity contribution in [3.05, 3.63) is 18.0 Å². The summed E-state index contributed by atoms with van der Waals surface area (Å²) in [6.45, 7) is 3.69. The summed E-state index contributed by atoms with van der Waals surface area (Å²) in [5.74, 6) is 0. The molecule has 0 aromatic carbocycles. The first-order valence-electron chi connectivity index (χ1n) is 4.91. The Morgan fingerprint density at radius 3 is 3.00 bits per heavy atom. The molecule has 0 unspecified atom stereocenters. The lowest BCUT2D eigenvalue weighted by atomic mass is 10.2. The molecule has 0 spiro atoms. The molecule has 6 nitrogen and oxygen atoms in total. The summed E-state index contributed by atoms with van der Waals surface area (Å²) in [5, 5.41) is 18.2. The van der Waals surface area contributed by atoms with E-state index in [1.54, 1.807) is 10.9 Å². The molecule has 0 aliphatic carbocycles. The minimum atomic E-state index is 0.716. The van der Waals surface area contributed by atoms with E-state index < -0.39 is 0 Å². The third-order valence-electron chi connectivity index (χ3n) is 2.23. The molecule has 0 bridgehead atoms. The molecule has 2 N–H and O–H groups in total. The molecule has 0 saturated carbocycles. The summed E-state index contributed by atoms with van der Waals surface area (Å²) < 4.78 is 1.79.